The van der Waals surface area contributed by atoms with Gasteiger partial charge in [-0.15, -0.1) is 0 Å². The zero-order valence-electron chi connectivity index (χ0n) is 21.0. The van der Waals surface area contributed by atoms with Gasteiger partial charge in [0.2, 0.25) is 0 Å². The Hall–Kier alpha value is -3.91. The Morgan fingerprint density at radius 1 is 0.972 bits per heavy atom. The van der Waals surface area contributed by atoms with Gasteiger partial charge in [0.15, 0.2) is 0 Å². The molecule has 0 saturated heterocycles. The highest BCUT2D eigenvalue weighted by Gasteiger charge is 2.21. The largest absolute Gasteiger partial charge is 0.507 e. The summed E-state index contributed by atoms with van der Waals surface area (Å²) in [6.45, 7) is 3.64. The van der Waals surface area contributed by atoms with E-state index in [0.717, 1.165) is 34.7 Å². The summed E-state index contributed by atoms with van der Waals surface area (Å²) in [4.78, 5) is 14.7. The summed E-state index contributed by atoms with van der Waals surface area (Å²) in [6.07, 6.45) is 4.98. The maximum Gasteiger partial charge on any atom is 0.341 e. The van der Waals surface area contributed by atoms with Gasteiger partial charge in [-0.1, -0.05) is 36.8 Å². The molecule has 3 aromatic carbocycles. The molecule has 0 aliphatic heterocycles. The molecule has 0 bridgehead atoms. The van der Waals surface area contributed by atoms with E-state index in [4.69, 9.17) is 9.47 Å². The summed E-state index contributed by atoms with van der Waals surface area (Å²) < 4.78 is 10.3. The predicted octanol–water partition coefficient (Wildman–Crippen LogP) is 6.17. The minimum atomic E-state index is -0.502. The zero-order chi connectivity index (χ0) is 25.3. The number of ether oxygens (including phenoxy) is 2. The van der Waals surface area contributed by atoms with Crippen molar-refractivity contribution in [3.63, 3.8) is 0 Å². The number of carbonyl (C=O) groups is 1. The van der Waals surface area contributed by atoms with E-state index in [1.54, 1.807) is 26.2 Å². The summed E-state index contributed by atoms with van der Waals surface area (Å²) in [5, 5.41) is 10.2. The number of hydrogen-bond acceptors (Lipinski definition) is 5. The van der Waals surface area contributed by atoms with E-state index < -0.39 is 5.97 Å². The molecular formula is C31H33NO4. The van der Waals surface area contributed by atoms with Crippen LogP contribution >= 0.6 is 0 Å². The van der Waals surface area contributed by atoms with Crippen molar-refractivity contribution in [3.8, 4) is 23.3 Å². The Morgan fingerprint density at radius 2 is 1.61 bits per heavy atom. The van der Waals surface area contributed by atoms with Crippen molar-refractivity contribution in [2.75, 3.05) is 25.2 Å². The maximum absolute atomic E-state index is 12.4. The van der Waals surface area contributed by atoms with Crippen LogP contribution in [0.15, 0.2) is 66.7 Å². The first-order chi connectivity index (χ1) is 17.6. The number of methoxy groups -OCH3 is 1. The Labute approximate surface area is 213 Å². The molecule has 1 aliphatic rings. The van der Waals surface area contributed by atoms with Gasteiger partial charge >= 0.3 is 5.97 Å². The second kappa shape index (κ2) is 12.2. The first kappa shape index (κ1) is 25.2. The second-order valence-electron chi connectivity index (χ2n) is 9.13. The zero-order valence-corrected chi connectivity index (χ0v) is 21.0. The fourth-order valence-corrected chi connectivity index (χ4v) is 4.59. The molecule has 0 heterocycles. The van der Waals surface area contributed by atoms with E-state index in [1.165, 1.54) is 25.7 Å². The lowest BCUT2D eigenvalue weighted by Crippen LogP contribution is -2.28. The highest BCUT2D eigenvalue weighted by Crippen LogP contribution is 2.31. The number of benzene rings is 3. The summed E-state index contributed by atoms with van der Waals surface area (Å²) in [5.74, 6) is 7.30. The van der Waals surface area contributed by atoms with Crippen LogP contribution in [0.1, 0.15) is 59.7 Å². The second-order valence-corrected chi connectivity index (χ2v) is 9.13. The third-order valence-corrected chi connectivity index (χ3v) is 6.56. The van der Waals surface area contributed by atoms with Crippen molar-refractivity contribution in [1.29, 1.82) is 0 Å². The highest BCUT2D eigenvalue weighted by molar-refractivity contribution is 5.93. The quantitative estimate of drug-likeness (QED) is 0.307. The molecule has 3 aromatic rings. The van der Waals surface area contributed by atoms with Gasteiger partial charge in [0, 0.05) is 29.9 Å². The standard InChI is InChI=1S/C31H33NO4/c1-3-36-31(34)29-20-27(16-19-30(29)33)32(21-25-6-4-5-7-25)22-26-12-10-23(11-13-26)8-9-24-14-17-28(35-2)18-15-24/h10-20,25,33H,3-7,21-22H2,1-2H3. The van der Waals surface area contributed by atoms with Crippen molar-refractivity contribution in [2.45, 2.75) is 39.2 Å². The highest BCUT2D eigenvalue weighted by atomic mass is 16.5. The summed E-state index contributed by atoms with van der Waals surface area (Å²) in [6, 6.07) is 21.2. The third-order valence-electron chi connectivity index (χ3n) is 6.56. The van der Waals surface area contributed by atoms with Crippen molar-refractivity contribution in [2.24, 2.45) is 5.92 Å². The van der Waals surface area contributed by atoms with Crippen LogP contribution in [0.25, 0.3) is 0 Å². The number of phenols is 1. The molecule has 0 spiro atoms. The lowest BCUT2D eigenvalue weighted by Gasteiger charge is -2.28. The van der Waals surface area contributed by atoms with Crippen molar-refractivity contribution >= 4 is 11.7 Å². The summed E-state index contributed by atoms with van der Waals surface area (Å²) in [7, 11) is 1.65. The van der Waals surface area contributed by atoms with E-state index in [9.17, 15) is 9.90 Å². The van der Waals surface area contributed by atoms with E-state index in [1.807, 2.05) is 42.5 Å². The first-order valence-corrected chi connectivity index (χ1v) is 12.6. The van der Waals surface area contributed by atoms with Crippen LogP contribution in [0, 0.1) is 17.8 Å². The van der Waals surface area contributed by atoms with Crippen LogP contribution in [0.3, 0.4) is 0 Å². The number of hydrogen-bond donors (Lipinski definition) is 1. The number of carbonyl (C=O) groups excluding carboxylic acids is 1. The van der Waals surface area contributed by atoms with Crippen molar-refractivity contribution in [1.82, 2.24) is 0 Å². The normalized spacial score (nSPS) is 13.1. The fourth-order valence-electron chi connectivity index (χ4n) is 4.59. The molecule has 4 rings (SSSR count). The predicted molar refractivity (Wildman–Crippen MR) is 142 cm³/mol. The molecule has 0 aromatic heterocycles. The molecule has 1 N–H and O–H groups in total. The molecular weight excluding hydrogens is 450 g/mol. The van der Waals surface area contributed by atoms with Crippen LogP contribution in [0.2, 0.25) is 0 Å². The number of anilines is 1. The number of rotatable bonds is 8. The molecule has 0 amide bonds. The molecule has 0 radical (unpaired) electrons. The van der Waals surface area contributed by atoms with Gasteiger partial charge < -0.3 is 19.5 Å². The van der Waals surface area contributed by atoms with Crippen LogP contribution in [0.4, 0.5) is 5.69 Å². The van der Waals surface area contributed by atoms with Crippen LogP contribution < -0.4 is 9.64 Å². The molecule has 5 heteroatoms. The molecule has 5 nitrogen and oxygen atoms in total. The molecule has 0 unspecified atom stereocenters. The molecule has 1 fully saturated rings. The van der Waals surface area contributed by atoms with Gasteiger partial charge in [-0.05, 0) is 85.8 Å². The molecule has 1 saturated carbocycles. The first-order valence-electron chi connectivity index (χ1n) is 12.6. The van der Waals surface area contributed by atoms with Gasteiger partial charge in [0.25, 0.3) is 0 Å². The minimum Gasteiger partial charge on any atom is -0.507 e. The van der Waals surface area contributed by atoms with Gasteiger partial charge in [-0.25, -0.2) is 4.79 Å². The Kier molecular flexibility index (Phi) is 8.52. The fraction of sp³-hybridized carbons (Fsp3) is 0.323. The topological polar surface area (TPSA) is 59.0 Å². The lowest BCUT2D eigenvalue weighted by atomic mass is 10.0. The van der Waals surface area contributed by atoms with Gasteiger partial charge in [-0.3, -0.25) is 0 Å². The average Bonchev–Trinajstić information content (AvgIpc) is 3.42. The van der Waals surface area contributed by atoms with Gasteiger partial charge in [-0.2, -0.15) is 0 Å². The number of phenolic OH excluding ortho intramolecular Hbond substituents is 1. The van der Waals surface area contributed by atoms with E-state index in [2.05, 4.69) is 28.9 Å². The third kappa shape index (κ3) is 6.60. The average molecular weight is 484 g/mol. The number of esters is 1. The smallest absolute Gasteiger partial charge is 0.341 e. The Morgan fingerprint density at radius 3 is 2.22 bits per heavy atom. The monoisotopic (exact) mass is 483 g/mol. The number of nitrogens with zero attached hydrogens (tertiary/aromatic N) is 1. The van der Waals surface area contributed by atoms with Gasteiger partial charge in [0.1, 0.15) is 17.1 Å². The van der Waals surface area contributed by atoms with Gasteiger partial charge in [0.05, 0.1) is 13.7 Å². The van der Waals surface area contributed by atoms with Crippen LogP contribution in [0.5, 0.6) is 11.5 Å². The van der Waals surface area contributed by atoms with E-state index in [0.29, 0.717) is 12.5 Å². The molecule has 1 aliphatic carbocycles. The number of aromatic hydroxyl groups is 1. The van der Waals surface area contributed by atoms with Crippen molar-refractivity contribution in [3.05, 3.63) is 89.0 Å². The van der Waals surface area contributed by atoms with Crippen LogP contribution in [-0.4, -0.2) is 31.3 Å². The van der Waals surface area contributed by atoms with E-state index in [-0.39, 0.29) is 17.9 Å². The van der Waals surface area contributed by atoms with E-state index >= 15 is 0 Å². The SMILES string of the molecule is CCOC(=O)c1cc(N(Cc2ccc(C#Cc3ccc(OC)cc3)cc2)CC2CCCC2)ccc1O. The molecule has 36 heavy (non-hydrogen) atoms. The molecule has 0 atom stereocenters. The lowest BCUT2D eigenvalue weighted by molar-refractivity contribution is 0.0523. The Balaban J connectivity index is 1.52. The summed E-state index contributed by atoms with van der Waals surface area (Å²) in [5.41, 5.74) is 4.16. The Bertz CT molecular complexity index is 1220. The van der Waals surface area contributed by atoms with Crippen LogP contribution in [-0.2, 0) is 11.3 Å². The minimum absolute atomic E-state index is 0.0576. The van der Waals surface area contributed by atoms with Crippen molar-refractivity contribution < 1.29 is 19.4 Å². The molecule has 186 valence electrons. The summed E-state index contributed by atoms with van der Waals surface area (Å²) >= 11 is 0. The maximum atomic E-state index is 12.4.